The van der Waals surface area contributed by atoms with Crippen LogP contribution in [0, 0.1) is 50.2 Å². The lowest BCUT2D eigenvalue weighted by Gasteiger charge is -2.72. The van der Waals surface area contributed by atoms with Crippen LogP contribution >= 0.6 is 0 Å². The van der Waals surface area contributed by atoms with Crippen LogP contribution in [0.4, 0.5) is 0 Å². The maximum absolute atomic E-state index is 14.4. The van der Waals surface area contributed by atoms with Crippen LogP contribution in [-0.4, -0.2) is 121 Å². The zero-order valence-electron chi connectivity index (χ0n) is 29.0. The van der Waals surface area contributed by atoms with Gasteiger partial charge in [-0.05, 0) is 84.9 Å². The predicted molar refractivity (Wildman–Crippen MR) is 171 cm³/mol. The van der Waals surface area contributed by atoms with E-state index < -0.39 is 108 Å². The lowest BCUT2D eigenvalue weighted by molar-refractivity contribution is -0.298. The third kappa shape index (κ3) is 4.66. The first-order valence-corrected chi connectivity index (χ1v) is 17.8. The summed E-state index contributed by atoms with van der Waals surface area (Å²) < 4.78 is 11.4. The van der Waals surface area contributed by atoms with Crippen molar-refractivity contribution in [2.75, 3.05) is 19.8 Å². The molecule has 12 heteroatoms. The van der Waals surface area contributed by atoms with E-state index in [0.29, 0.717) is 44.9 Å². The molecule has 6 rings (SSSR count). The molecule has 0 amide bonds. The molecule has 6 aliphatic rings. The van der Waals surface area contributed by atoms with Gasteiger partial charge in [-0.15, -0.1) is 0 Å². The van der Waals surface area contributed by atoms with E-state index in [1.54, 1.807) is 0 Å². The molecular weight excluding hydrogens is 624 g/mol. The second kappa shape index (κ2) is 11.9. The van der Waals surface area contributed by atoms with E-state index in [1.807, 2.05) is 13.8 Å². The van der Waals surface area contributed by atoms with Crippen LogP contribution < -0.4 is 0 Å². The van der Waals surface area contributed by atoms with Gasteiger partial charge in [-0.2, -0.15) is 0 Å². The van der Waals surface area contributed by atoms with E-state index >= 15 is 0 Å². The number of aliphatic hydroxyl groups excluding tert-OH is 9. The van der Waals surface area contributed by atoms with Gasteiger partial charge in [-0.1, -0.05) is 46.3 Å². The van der Waals surface area contributed by atoms with E-state index in [0.717, 1.165) is 12.0 Å². The smallest absolute Gasteiger partial charge is 0.315 e. The normalized spacial score (nSPS) is 52.5. The number of esters is 1. The number of rotatable bonds is 5. The van der Waals surface area contributed by atoms with Crippen LogP contribution in [-0.2, 0) is 14.3 Å². The highest BCUT2D eigenvalue weighted by atomic mass is 16.7. The van der Waals surface area contributed by atoms with Gasteiger partial charge in [0.1, 0.15) is 24.4 Å². The third-order valence-electron chi connectivity index (χ3n) is 15.5. The Kier molecular flexibility index (Phi) is 9.10. The van der Waals surface area contributed by atoms with E-state index in [-0.39, 0.29) is 17.3 Å². The van der Waals surface area contributed by atoms with Gasteiger partial charge in [0.05, 0.1) is 43.5 Å². The molecule has 9 N–H and O–H groups in total. The molecule has 48 heavy (non-hydrogen) atoms. The highest BCUT2D eigenvalue weighted by Crippen LogP contribution is 2.76. The van der Waals surface area contributed by atoms with Crippen molar-refractivity contribution in [1.82, 2.24) is 0 Å². The molecule has 5 fully saturated rings. The van der Waals surface area contributed by atoms with Crippen molar-refractivity contribution < 1.29 is 60.2 Å². The minimum atomic E-state index is -1.74. The van der Waals surface area contributed by atoms with Crippen molar-refractivity contribution >= 4 is 5.97 Å². The molecule has 5 aliphatic carbocycles. The van der Waals surface area contributed by atoms with Gasteiger partial charge in [-0.25, -0.2) is 0 Å². The van der Waals surface area contributed by atoms with E-state index in [9.17, 15) is 50.8 Å². The summed E-state index contributed by atoms with van der Waals surface area (Å²) in [5.74, 6) is -1.49. The fourth-order valence-corrected chi connectivity index (χ4v) is 12.2. The Hall–Kier alpha value is -1.19. The number of fused-ring (bicyclic) bond motifs is 7. The molecule has 1 aliphatic heterocycles. The lowest BCUT2D eigenvalue weighted by Crippen LogP contribution is -2.70. The SMILES string of the molecule is CC1(C)CC[C@]2(C(=O)O[C@@H]3O[C@H](CO)[C@@H](O)[C@H](O)[C@H]3O)CC[C@]3(C)C(=CC[C@@H]4[C@@]5(C)C[C@@H](O)[C@H](O)C(CO)(CO)[C@H]5CC[C@]43C)[C@@H]2[C@@H]1O. The molecule has 0 aromatic carbocycles. The monoisotopic (exact) mass is 682 g/mol. The number of hydrogen-bond donors (Lipinski definition) is 9. The molecule has 4 saturated carbocycles. The Morgan fingerprint density at radius 3 is 2.10 bits per heavy atom. The molecule has 274 valence electrons. The lowest BCUT2D eigenvalue weighted by atomic mass is 9.33. The van der Waals surface area contributed by atoms with Crippen molar-refractivity contribution in [2.24, 2.45) is 50.2 Å². The summed E-state index contributed by atoms with van der Waals surface area (Å²) in [6, 6.07) is 0. The summed E-state index contributed by atoms with van der Waals surface area (Å²) >= 11 is 0. The first kappa shape index (κ1) is 36.6. The van der Waals surface area contributed by atoms with E-state index in [4.69, 9.17) is 9.47 Å². The molecule has 0 aromatic heterocycles. The molecule has 0 radical (unpaired) electrons. The zero-order valence-corrected chi connectivity index (χ0v) is 29.0. The van der Waals surface area contributed by atoms with Crippen LogP contribution in [0.5, 0.6) is 0 Å². The molecule has 0 bridgehead atoms. The number of ether oxygens (including phenoxy) is 2. The Balaban J connectivity index is 1.39. The summed E-state index contributed by atoms with van der Waals surface area (Å²) in [6.07, 6.45) is -4.76. The minimum Gasteiger partial charge on any atom is -0.432 e. The number of allylic oxidation sites excluding steroid dienone is 1. The van der Waals surface area contributed by atoms with Crippen molar-refractivity contribution in [1.29, 1.82) is 0 Å². The number of carbonyl (C=O) groups is 1. The number of aliphatic hydroxyl groups is 9. The van der Waals surface area contributed by atoms with Crippen LogP contribution in [0.15, 0.2) is 11.6 Å². The van der Waals surface area contributed by atoms with Crippen LogP contribution in [0.1, 0.15) is 86.0 Å². The van der Waals surface area contributed by atoms with E-state index in [1.165, 1.54) is 0 Å². The van der Waals surface area contributed by atoms with Crippen LogP contribution in [0.3, 0.4) is 0 Å². The largest absolute Gasteiger partial charge is 0.432 e. The molecule has 0 aromatic rings. The Bertz CT molecular complexity index is 1280. The molecule has 1 saturated heterocycles. The predicted octanol–water partition coefficient (Wildman–Crippen LogP) is 0.379. The molecule has 12 nitrogen and oxygen atoms in total. The van der Waals surface area contributed by atoms with Gasteiger partial charge in [-0.3, -0.25) is 4.79 Å². The summed E-state index contributed by atoms with van der Waals surface area (Å²) in [6.45, 7) is 9.07. The molecule has 1 heterocycles. The van der Waals surface area contributed by atoms with Crippen molar-refractivity contribution in [3.05, 3.63) is 11.6 Å². The zero-order chi connectivity index (χ0) is 35.4. The van der Waals surface area contributed by atoms with Gasteiger partial charge in [0.15, 0.2) is 0 Å². The highest BCUT2D eigenvalue weighted by molar-refractivity contribution is 5.79. The second-order valence-electron chi connectivity index (χ2n) is 17.7. The fraction of sp³-hybridized carbons (Fsp3) is 0.917. The average Bonchev–Trinajstić information content (AvgIpc) is 3.04. The average molecular weight is 683 g/mol. The fourth-order valence-electron chi connectivity index (χ4n) is 12.2. The van der Waals surface area contributed by atoms with Crippen molar-refractivity contribution in [3.63, 3.8) is 0 Å². The Morgan fingerprint density at radius 1 is 0.833 bits per heavy atom. The Labute approximate surface area is 282 Å². The standard InChI is InChI=1S/C36H58O12/c1-31(2)10-12-35(30(46)48-29-26(43)25(42)24(41)20(15-37)47-29)13-11-33(4)18(23(35)28(31)45)6-7-21-32(3)14-19(40)27(44)36(16-38,17-39)22(32)8-9-34(21,33)5/h6,19-29,37-45H,7-17H2,1-5H3/t19-,20-,21-,22+,23-,24-,25+,26-,27+,28+,29+,32-,33-,34-,35+/m1/s1. The highest BCUT2D eigenvalue weighted by Gasteiger charge is 2.72. The third-order valence-corrected chi connectivity index (χ3v) is 15.5. The first-order chi connectivity index (χ1) is 22.3. The van der Waals surface area contributed by atoms with Crippen molar-refractivity contribution in [2.45, 2.75) is 135 Å². The van der Waals surface area contributed by atoms with Gasteiger partial charge >= 0.3 is 5.97 Å². The summed E-state index contributed by atoms with van der Waals surface area (Å²) in [7, 11) is 0. The Morgan fingerprint density at radius 2 is 1.48 bits per heavy atom. The maximum Gasteiger partial charge on any atom is 0.315 e. The molecular formula is C36H58O12. The van der Waals surface area contributed by atoms with Gasteiger partial charge in [0.2, 0.25) is 6.29 Å². The van der Waals surface area contributed by atoms with Crippen molar-refractivity contribution in [3.8, 4) is 0 Å². The summed E-state index contributed by atoms with van der Waals surface area (Å²) in [4.78, 5) is 14.4. The summed E-state index contributed by atoms with van der Waals surface area (Å²) in [5.41, 5.74) is -3.27. The van der Waals surface area contributed by atoms with Gasteiger partial charge < -0.3 is 55.4 Å². The molecule has 0 spiro atoms. The maximum atomic E-state index is 14.4. The number of carbonyl (C=O) groups excluding carboxylic acids is 1. The molecule has 15 atom stereocenters. The second-order valence-corrected chi connectivity index (χ2v) is 17.7. The topological polar surface area (TPSA) is 218 Å². The van der Waals surface area contributed by atoms with Crippen LogP contribution in [0.2, 0.25) is 0 Å². The number of hydrogen-bond acceptors (Lipinski definition) is 12. The van der Waals surface area contributed by atoms with Gasteiger partial charge in [0.25, 0.3) is 0 Å². The van der Waals surface area contributed by atoms with E-state index in [2.05, 4.69) is 26.8 Å². The molecule has 0 unspecified atom stereocenters. The summed E-state index contributed by atoms with van der Waals surface area (Å²) in [5, 5.41) is 96.6. The first-order valence-electron chi connectivity index (χ1n) is 17.8. The van der Waals surface area contributed by atoms with Crippen LogP contribution in [0.25, 0.3) is 0 Å². The minimum absolute atomic E-state index is 0.0134. The quantitative estimate of drug-likeness (QED) is 0.142. The van der Waals surface area contributed by atoms with Gasteiger partial charge in [0, 0.05) is 11.3 Å².